The molecule has 1 heterocycles. The van der Waals surface area contributed by atoms with E-state index >= 15 is 0 Å². The van der Waals surface area contributed by atoms with Crippen LogP contribution in [0.2, 0.25) is 0 Å². The monoisotopic (exact) mass is 333 g/mol. The molecule has 2 atom stereocenters. The van der Waals surface area contributed by atoms with E-state index in [-0.39, 0.29) is 18.1 Å². The van der Waals surface area contributed by atoms with Gasteiger partial charge in [-0.1, -0.05) is 18.2 Å². The Balaban J connectivity index is 1.84. The molecule has 0 spiro atoms. The number of carbonyl (C=O) groups is 1. The molecule has 0 aliphatic carbocycles. The van der Waals surface area contributed by atoms with E-state index in [4.69, 9.17) is 4.74 Å². The Hall–Kier alpha value is -1.43. The smallest absolute Gasteiger partial charge is 0.234 e. The highest BCUT2D eigenvalue weighted by atomic mass is 16.5. The van der Waals surface area contributed by atoms with Crippen LogP contribution in [0, 0.1) is 13.8 Å². The summed E-state index contributed by atoms with van der Waals surface area (Å²) in [7, 11) is 4.08. The molecular formula is C19H31N3O2. The predicted octanol–water partition coefficient (Wildman–Crippen LogP) is 1.74. The topological polar surface area (TPSA) is 44.8 Å². The van der Waals surface area contributed by atoms with E-state index in [2.05, 4.69) is 47.2 Å². The van der Waals surface area contributed by atoms with Crippen LogP contribution in [0.15, 0.2) is 18.2 Å². The minimum absolute atomic E-state index is 0.0235. The molecule has 0 unspecified atom stereocenters. The molecule has 24 heavy (non-hydrogen) atoms. The van der Waals surface area contributed by atoms with Crippen LogP contribution in [0.4, 0.5) is 0 Å². The Kier molecular flexibility index (Phi) is 6.78. The van der Waals surface area contributed by atoms with Gasteiger partial charge >= 0.3 is 0 Å². The lowest BCUT2D eigenvalue weighted by atomic mass is 10.0. The summed E-state index contributed by atoms with van der Waals surface area (Å²) >= 11 is 0. The van der Waals surface area contributed by atoms with Crippen LogP contribution >= 0.6 is 0 Å². The van der Waals surface area contributed by atoms with E-state index in [9.17, 15) is 4.79 Å². The molecule has 1 N–H and O–H groups in total. The minimum Gasteiger partial charge on any atom is -0.374 e. The average Bonchev–Trinajstić information content (AvgIpc) is 2.49. The maximum absolute atomic E-state index is 12.4. The van der Waals surface area contributed by atoms with E-state index in [1.807, 2.05) is 21.0 Å². The maximum atomic E-state index is 12.4. The molecule has 0 radical (unpaired) electrons. The first-order valence-electron chi connectivity index (χ1n) is 8.70. The molecule has 5 heteroatoms. The van der Waals surface area contributed by atoms with E-state index in [1.54, 1.807) is 0 Å². The summed E-state index contributed by atoms with van der Waals surface area (Å²) in [6.45, 7) is 9.88. The maximum Gasteiger partial charge on any atom is 0.234 e. The van der Waals surface area contributed by atoms with Gasteiger partial charge in [0.25, 0.3) is 0 Å². The number of amides is 1. The van der Waals surface area contributed by atoms with Crippen molar-refractivity contribution in [1.29, 1.82) is 0 Å². The molecule has 1 aromatic rings. The van der Waals surface area contributed by atoms with Gasteiger partial charge in [0.05, 0.1) is 25.3 Å². The molecule has 1 amide bonds. The number of ether oxygens (including phenoxy) is 1. The predicted molar refractivity (Wildman–Crippen MR) is 97.2 cm³/mol. The largest absolute Gasteiger partial charge is 0.374 e. The standard InChI is InChI=1S/C19H31N3O2/c1-14-6-7-17(10-15(14)2)16(3)20-19(23)13-22-8-9-24-18(12-22)11-21(4)5/h6-7,10,16,18H,8-9,11-13H2,1-5H3,(H,20,23)/t16-,18-/m1/s1. The molecule has 0 bridgehead atoms. The van der Waals surface area contributed by atoms with Crippen LogP contribution in [0.25, 0.3) is 0 Å². The fourth-order valence-corrected chi connectivity index (χ4v) is 3.05. The van der Waals surface area contributed by atoms with Crippen molar-refractivity contribution in [2.45, 2.75) is 32.9 Å². The normalized spacial score (nSPS) is 20.2. The van der Waals surface area contributed by atoms with Crippen LogP contribution in [0.1, 0.15) is 29.7 Å². The van der Waals surface area contributed by atoms with E-state index < -0.39 is 0 Å². The zero-order valence-corrected chi connectivity index (χ0v) is 15.6. The van der Waals surface area contributed by atoms with E-state index in [0.29, 0.717) is 13.2 Å². The third-order valence-corrected chi connectivity index (χ3v) is 4.57. The van der Waals surface area contributed by atoms with Crippen molar-refractivity contribution in [2.24, 2.45) is 0 Å². The summed E-state index contributed by atoms with van der Waals surface area (Å²) in [4.78, 5) is 16.7. The molecule has 2 rings (SSSR count). The first-order chi connectivity index (χ1) is 11.3. The SMILES string of the molecule is Cc1ccc([C@@H](C)NC(=O)CN2CCO[C@H](CN(C)C)C2)cc1C. The number of aryl methyl sites for hydroxylation is 2. The van der Waals surface area contributed by atoms with Crippen molar-refractivity contribution < 1.29 is 9.53 Å². The third-order valence-electron chi connectivity index (χ3n) is 4.57. The van der Waals surface area contributed by atoms with Crippen LogP contribution in [-0.4, -0.2) is 68.7 Å². The quantitative estimate of drug-likeness (QED) is 0.861. The Morgan fingerprint density at radius 3 is 2.79 bits per heavy atom. The van der Waals surface area contributed by atoms with Gasteiger partial charge < -0.3 is 15.0 Å². The molecular weight excluding hydrogens is 302 g/mol. The molecule has 1 fully saturated rings. The molecule has 5 nitrogen and oxygen atoms in total. The van der Waals surface area contributed by atoms with Crippen LogP contribution in [0.5, 0.6) is 0 Å². The van der Waals surface area contributed by atoms with Crippen molar-refractivity contribution in [3.8, 4) is 0 Å². The fraction of sp³-hybridized carbons (Fsp3) is 0.632. The number of hydrogen-bond donors (Lipinski definition) is 1. The molecule has 0 aromatic heterocycles. The molecule has 134 valence electrons. The second-order valence-corrected chi connectivity index (χ2v) is 7.12. The Bertz CT molecular complexity index is 560. The Morgan fingerprint density at radius 1 is 1.38 bits per heavy atom. The van der Waals surface area contributed by atoms with Crippen molar-refractivity contribution >= 4 is 5.91 Å². The van der Waals surface area contributed by atoms with Gasteiger partial charge in [0.15, 0.2) is 0 Å². The van der Waals surface area contributed by atoms with Crippen molar-refractivity contribution in [2.75, 3.05) is 46.9 Å². The van der Waals surface area contributed by atoms with E-state index in [1.165, 1.54) is 11.1 Å². The van der Waals surface area contributed by atoms with Crippen LogP contribution in [0.3, 0.4) is 0 Å². The van der Waals surface area contributed by atoms with Gasteiger partial charge in [-0.15, -0.1) is 0 Å². The number of rotatable bonds is 6. The molecule has 1 aliphatic rings. The number of benzene rings is 1. The summed E-state index contributed by atoms with van der Waals surface area (Å²) in [6.07, 6.45) is 0.179. The second kappa shape index (κ2) is 8.60. The molecule has 1 aromatic carbocycles. The van der Waals surface area contributed by atoms with Gasteiger partial charge in [-0.2, -0.15) is 0 Å². The number of nitrogens with zero attached hydrogens (tertiary/aromatic N) is 2. The number of likely N-dealkylation sites (N-methyl/N-ethyl adjacent to an activating group) is 1. The van der Waals surface area contributed by atoms with Gasteiger partial charge in [0, 0.05) is 19.6 Å². The van der Waals surface area contributed by atoms with Crippen LogP contribution in [-0.2, 0) is 9.53 Å². The number of carbonyl (C=O) groups excluding carboxylic acids is 1. The lowest BCUT2D eigenvalue weighted by Gasteiger charge is -2.33. The first-order valence-corrected chi connectivity index (χ1v) is 8.70. The summed E-state index contributed by atoms with van der Waals surface area (Å²) in [5, 5.41) is 3.11. The van der Waals surface area contributed by atoms with E-state index in [0.717, 1.165) is 25.2 Å². The lowest BCUT2D eigenvalue weighted by molar-refractivity contribution is -0.125. The van der Waals surface area contributed by atoms with Crippen molar-refractivity contribution in [1.82, 2.24) is 15.1 Å². The number of nitrogens with one attached hydrogen (secondary N) is 1. The highest BCUT2D eigenvalue weighted by molar-refractivity contribution is 5.78. The molecule has 1 saturated heterocycles. The van der Waals surface area contributed by atoms with Gasteiger partial charge in [-0.05, 0) is 51.6 Å². The summed E-state index contributed by atoms with van der Waals surface area (Å²) in [6, 6.07) is 6.38. The highest BCUT2D eigenvalue weighted by Crippen LogP contribution is 2.16. The molecule has 1 aliphatic heterocycles. The molecule has 0 saturated carbocycles. The van der Waals surface area contributed by atoms with Gasteiger partial charge in [-0.25, -0.2) is 0 Å². The summed E-state index contributed by atoms with van der Waals surface area (Å²) in [5.41, 5.74) is 3.68. The summed E-state index contributed by atoms with van der Waals surface area (Å²) in [5.74, 6) is 0.0752. The van der Waals surface area contributed by atoms with Gasteiger partial charge in [0.2, 0.25) is 5.91 Å². The highest BCUT2D eigenvalue weighted by Gasteiger charge is 2.23. The fourth-order valence-electron chi connectivity index (χ4n) is 3.05. The van der Waals surface area contributed by atoms with Gasteiger partial charge in [-0.3, -0.25) is 9.69 Å². The minimum atomic E-state index is 0.0235. The zero-order chi connectivity index (χ0) is 17.7. The average molecular weight is 333 g/mol. The Labute approximate surface area is 146 Å². The third kappa shape index (κ3) is 5.58. The first kappa shape index (κ1) is 18.9. The lowest BCUT2D eigenvalue weighted by Crippen LogP contribution is -2.49. The van der Waals surface area contributed by atoms with Crippen molar-refractivity contribution in [3.63, 3.8) is 0 Å². The second-order valence-electron chi connectivity index (χ2n) is 7.12. The van der Waals surface area contributed by atoms with Crippen LogP contribution < -0.4 is 5.32 Å². The Morgan fingerprint density at radius 2 is 2.12 bits per heavy atom. The summed E-state index contributed by atoms with van der Waals surface area (Å²) < 4.78 is 5.76. The number of hydrogen-bond acceptors (Lipinski definition) is 4. The van der Waals surface area contributed by atoms with Gasteiger partial charge in [0.1, 0.15) is 0 Å². The zero-order valence-electron chi connectivity index (χ0n) is 15.6. The number of morpholine rings is 1. The van der Waals surface area contributed by atoms with Crippen molar-refractivity contribution in [3.05, 3.63) is 34.9 Å².